The van der Waals surface area contributed by atoms with E-state index in [1.54, 1.807) is 0 Å². The zero-order valence-electron chi connectivity index (χ0n) is 8.48. The summed E-state index contributed by atoms with van der Waals surface area (Å²) in [6, 6.07) is 1.33. The van der Waals surface area contributed by atoms with Crippen molar-refractivity contribution in [3.05, 3.63) is 0 Å². The third-order valence-electron chi connectivity index (χ3n) is 1.86. The van der Waals surface area contributed by atoms with Gasteiger partial charge in [-0.1, -0.05) is 40.0 Å². The molecule has 0 bridgehead atoms. The summed E-state index contributed by atoms with van der Waals surface area (Å²) in [5.74, 6) is 0. The standard InChI is InChI=1S/C10H23N/c1-5-6-7-8-10(4)11-9(2)3/h9-11H,5-8H2,1-4H3/t10-/m1/s1. The molecule has 0 aliphatic rings. The number of rotatable bonds is 6. The maximum absolute atomic E-state index is 3.50. The quantitative estimate of drug-likeness (QED) is 0.584. The van der Waals surface area contributed by atoms with Gasteiger partial charge in [0.15, 0.2) is 0 Å². The zero-order valence-corrected chi connectivity index (χ0v) is 8.48. The average Bonchev–Trinajstić information content (AvgIpc) is 1.86. The smallest absolute Gasteiger partial charge is 0.00410 e. The third kappa shape index (κ3) is 7.86. The van der Waals surface area contributed by atoms with Crippen molar-refractivity contribution in [2.45, 2.75) is 65.5 Å². The van der Waals surface area contributed by atoms with Gasteiger partial charge >= 0.3 is 0 Å². The van der Waals surface area contributed by atoms with Crippen molar-refractivity contribution in [3.63, 3.8) is 0 Å². The molecule has 0 fully saturated rings. The Morgan fingerprint density at radius 1 is 1.09 bits per heavy atom. The first-order valence-electron chi connectivity index (χ1n) is 4.92. The maximum Gasteiger partial charge on any atom is 0.00410 e. The van der Waals surface area contributed by atoms with Crippen LogP contribution in [0.25, 0.3) is 0 Å². The van der Waals surface area contributed by atoms with Crippen molar-refractivity contribution < 1.29 is 0 Å². The molecule has 0 heterocycles. The molecule has 1 nitrogen and oxygen atoms in total. The van der Waals surface area contributed by atoms with Gasteiger partial charge < -0.3 is 5.32 Å². The lowest BCUT2D eigenvalue weighted by molar-refractivity contribution is 0.448. The van der Waals surface area contributed by atoms with Gasteiger partial charge in [-0.15, -0.1) is 0 Å². The molecule has 1 heteroatoms. The normalized spacial score (nSPS) is 13.9. The molecule has 1 atom stereocenters. The Balaban J connectivity index is 3.15. The van der Waals surface area contributed by atoms with E-state index in [0.717, 1.165) is 0 Å². The van der Waals surface area contributed by atoms with E-state index in [1.807, 2.05) is 0 Å². The van der Waals surface area contributed by atoms with E-state index >= 15 is 0 Å². The van der Waals surface area contributed by atoms with E-state index in [1.165, 1.54) is 25.7 Å². The Bertz CT molecular complexity index is 78.9. The second-order valence-corrected chi connectivity index (χ2v) is 3.72. The topological polar surface area (TPSA) is 12.0 Å². The van der Waals surface area contributed by atoms with Gasteiger partial charge in [-0.2, -0.15) is 0 Å². The SMILES string of the molecule is CCCCC[C@@H](C)NC(C)C. The molecular formula is C10H23N. The fraction of sp³-hybridized carbons (Fsp3) is 1.00. The van der Waals surface area contributed by atoms with Gasteiger partial charge in [0.05, 0.1) is 0 Å². The summed E-state index contributed by atoms with van der Waals surface area (Å²) < 4.78 is 0. The first kappa shape index (κ1) is 11.0. The van der Waals surface area contributed by atoms with Crippen molar-refractivity contribution in [2.75, 3.05) is 0 Å². The van der Waals surface area contributed by atoms with Crippen LogP contribution in [0.1, 0.15) is 53.4 Å². The average molecular weight is 157 g/mol. The Morgan fingerprint density at radius 3 is 2.18 bits per heavy atom. The molecule has 0 aromatic heterocycles. The molecule has 0 rings (SSSR count). The molecule has 11 heavy (non-hydrogen) atoms. The van der Waals surface area contributed by atoms with Gasteiger partial charge in [-0.25, -0.2) is 0 Å². The minimum Gasteiger partial charge on any atom is -0.312 e. The molecule has 0 aromatic carbocycles. The van der Waals surface area contributed by atoms with Crippen LogP contribution in [0.2, 0.25) is 0 Å². The van der Waals surface area contributed by atoms with E-state index in [0.29, 0.717) is 12.1 Å². The first-order chi connectivity index (χ1) is 5.16. The van der Waals surface area contributed by atoms with Crippen molar-refractivity contribution in [3.8, 4) is 0 Å². The predicted molar refractivity (Wildman–Crippen MR) is 51.9 cm³/mol. The van der Waals surface area contributed by atoms with Crippen molar-refractivity contribution in [1.82, 2.24) is 5.32 Å². The van der Waals surface area contributed by atoms with E-state index in [-0.39, 0.29) is 0 Å². The summed E-state index contributed by atoms with van der Waals surface area (Å²) in [4.78, 5) is 0. The van der Waals surface area contributed by atoms with Gasteiger partial charge in [0.25, 0.3) is 0 Å². The lowest BCUT2D eigenvalue weighted by atomic mass is 10.1. The summed E-state index contributed by atoms with van der Waals surface area (Å²) in [5, 5.41) is 3.50. The number of hydrogen-bond donors (Lipinski definition) is 1. The van der Waals surface area contributed by atoms with Crippen LogP contribution in [0.5, 0.6) is 0 Å². The minimum absolute atomic E-state index is 0.631. The molecule has 0 saturated carbocycles. The maximum atomic E-state index is 3.50. The number of unbranched alkanes of at least 4 members (excludes halogenated alkanes) is 2. The largest absolute Gasteiger partial charge is 0.312 e. The van der Waals surface area contributed by atoms with Crippen molar-refractivity contribution in [2.24, 2.45) is 0 Å². The third-order valence-corrected chi connectivity index (χ3v) is 1.86. The molecule has 0 aromatic rings. The number of hydrogen-bond acceptors (Lipinski definition) is 1. The molecule has 1 N–H and O–H groups in total. The minimum atomic E-state index is 0.631. The van der Waals surface area contributed by atoms with Gasteiger partial charge in [-0.05, 0) is 13.3 Å². The van der Waals surface area contributed by atoms with Crippen molar-refractivity contribution in [1.29, 1.82) is 0 Å². The van der Waals surface area contributed by atoms with Crippen LogP contribution < -0.4 is 5.32 Å². The Kier molecular flexibility index (Phi) is 6.63. The molecule has 0 amide bonds. The van der Waals surface area contributed by atoms with Crippen molar-refractivity contribution >= 4 is 0 Å². The summed E-state index contributed by atoms with van der Waals surface area (Å²) in [7, 11) is 0. The molecule has 0 radical (unpaired) electrons. The molecule has 0 saturated heterocycles. The fourth-order valence-electron chi connectivity index (χ4n) is 1.35. The second kappa shape index (κ2) is 6.66. The van der Waals surface area contributed by atoms with Gasteiger partial charge in [0.1, 0.15) is 0 Å². The van der Waals surface area contributed by atoms with Crippen LogP contribution in [-0.4, -0.2) is 12.1 Å². The van der Waals surface area contributed by atoms with E-state index < -0.39 is 0 Å². The highest BCUT2D eigenvalue weighted by Gasteiger charge is 2.01. The van der Waals surface area contributed by atoms with E-state index in [9.17, 15) is 0 Å². The van der Waals surface area contributed by atoms with Gasteiger partial charge in [0, 0.05) is 12.1 Å². The molecule has 0 aliphatic heterocycles. The van der Waals surface area contributed by atoms with Crippen LogP contribution in [0.4, 0.5) is 0 Å². The lowest BCUT2D eigenvalue weighted by Gasteiger charge is -2.16. The van der Waals surface area contributed by atoms with Crippen LogP contribution in [0.3, 0.4) is 0 Å². The van der Waals surface area contributed by atoms with Crippen LogP contribution in [-0.2, 0) is 0 Å². The number of nitrogens with one attached hydrogen (secondary N) is 1. The Morgan fingerprint density at radius 2 is 1.73 bits per heavy atom. The van der Waals surface area contributed by atoms with Gasteiger partial charge in [-0.3, -0.25) is 0 Å². The molecule has 68 valence electrons. The highest BCUT2D eigenvalue weighted by molar-refractivity contribution is 4.63. The molecule has 0 spiro atoms. The monoisotopic (exact) mass is 157 g/mol. The molecule has 0 unspecified atom stereocenters. The Labute approximate surface area is 71.6 Å². The zero-order chi connectivity index (χ0) is 8.69. The predicted octanol–water partition coefficient (Wildman–Crippen LogP) is 2.95. The van der Waals surface area contributed by atoms with Crippen LogP contribution in [0, 0.1) is 0 Å². The van der Waals surface area contributed by atoms with E-state index in [2.05, 4.69) is 33.0 Å². The Hall–Kier alpha value is -0.0400. The van der Waals surface area contributed by atoms with E-state index in [4.69, 9.17) is 0 Å². The lowest BCUT2D eigenvalue weighted by Crippen LogP contribution is -2.32. The highest BCUT2D eigenvalue weighted by atomic mass is 14.9. The molecular weight excluding hydrogens is 134 g/mol. The fourth-order valence-corrected chi connectivity index (χ4v) is 1.35. The van der Waals surface area contributed by atoms with Crippen LogP contribution in [0.15, 0.2) is 0 Å². The van der Waals surface area contributed by atoms with Crippen LogP contribution >= 0.6 is 0 Å². The first-order valence-corrected chi connectivity index (χ1v) is 4.92. The second-order valence-electron chi connectivity index (χ2n) is 3.72. The summed E-state index contributed by atoms with van der Waals surface area (Å²) in [6.45, 7) is 8.93. The highest BCUT2D eigenvalue weighted by Crippen LogP contribution is 2.03. The summed E-state index contributed by atoms with van der Waals surface area (Å²) in [6.07, 6.45) is 5.40. The summed E-state index contributed by atoms with van der Waals surface area (Å²) >= 11 is 0. The van der Waals surface area contributed by atoms with Gasteiger partial charge in [0.2, 0.25) is 0 Å². The molecule has 0 aliphatic carbocycles. The summed E-state index contributed by atoms with van der Waals surface area (Å²) in [5.41, 5.74) is 0.